The van der Waals surface area contributed by atoms with E-state index in [9.17, 15) is 13.9 Å². The number of rotatable bonds is 4. The molecule has 0 saturated carbocycles. The number of benzene rings is 2. The third-order valence-electron chi connectivity index (χ3n) is 3.05. The van der Waals surface area contributed by atoms with Crippen LogP contribution in [-0.4, -0.2) is 12.2 Å². The average Bonchev–Trinajstić information content (AvgIpc) is 2.37. The zero-order chi connectivity index (χ0) is 13.8. The third kappa shape index (κ3) is 3.09. The topological polar surface area (TPSA) is 32.3 Å². The summed E-state index contributed by atoms with van der Waals surface area (Å²) < 4.78 is 27.5. The van der Waals surface area contributed by atoms with E-state index in [-0.39, 0.29) is 11.3 Å². The molecular formula is C15H15F2NO. The second kappa shape index (κ2) is 5.80. The van der Waals surface area contributed by atoms with Gasteiger partial charge in [-0.1, -0.05) is 18.2 Å². The molecule has 100 valence electrons. The van der Waals surface area contributed by atoms with Crippen LogP contribution in [0.5, 0.6) is 5.75 Å². The van der Waals surface area contributed by atoms with Crippen molar-refractivity contribution in [1.29, 1.82) is 0 Å². The Bertz CT molecular complexity index is 552. The maximum absolute atomic E-state index is 13.7. The summed E-state index contributed by atoms with van der Waals surface area (Å²) >= 11 is 0. The molecule has 2 nitrogen and oxygen atoms in total. The van der Waals surface area contributed by atoms with E-state index in [2.05, 4.69) is 5.32 Å². The van der Waals surface area contributed by atoms with Gasteiger partial charge in [-0.15, -0.1) is 0 Å². The van der Waals surface area contributed by atoms with Gasteiger partial charge in [-0.25, -0.2) is 8.78 Å². The lowest BCUT2D eigenvalue weighted by Crippen LogP contribution is -2.21. The van der Waals surface area contributed by atoms with E-state index >= 15 is 0 Å². The SMILES string of the molecule is CNC(Cc1cccc(O)c1)c1c(F)cccc1F. The monoisotopic (exact) mass is 263 g/mol. The Labute approximate surface area is 110 Å². The summed E-state index contributed by atoms with van der Waals surface area (Å²) in [6.07, 6.45) is 0.392. The van der Waals surface area contributed by atoms with E-state index < -0.39 is 17.7 Å². The Morgan fingerprint density at radius 3 is 2.32 bits per heavy atom. The van der Waals surface area contributed by atoms with Gasteiger partial charge in [0.15, 0.2) is 0 Å². The summed E-state index contributed by atoms with van der Waals surface area (Å²) in [6, 6.07) is 10.00. The molecule has 0 saturated heterocycles. The lowest BCUT2D eigenvalue weighted by molar-refractivity contribution is 0.471. The number of phenols is 1. The molecule has 0 bridgehead atoms. The number of nitrogens with one attached hydrogen (secondary N) is 1. The first-order valence-corrected chi connectivity index (χ1v) is 6.01. The molecule has 0 radical (unpaired) electrons. The predicted octanol–water partition coefficient (Wildman–Crippen LogP) is 3.17. The van der Waals surface area contributed by atoms with Crippen molar-refractivity contribution in [2.45, 2.75) is 12.5 Å². The molecule has 0 spiro atoms. The van der Waals surface area contributed by atoms with Crippen molar-refractivity contribution >= 4 is 0 Å². The molecular weight excluding hydrogens is 248 g/mol. The van der Waals surface area contributed by atoms with Gasteiger partial charge in [-0.05, 0) is 43.3 Å². The smallest absolute Gasteiger partial charge is 0.130 e. The van der Waals surface area contributed by atoms with Gasteiger partial charge in [0.1, 0.15) is 17.4 Å². The van der Waals surface area contributed by atoms with E-state index in [1.54, 1.807) is 25.2 Å². The molecule has 1 atom stereocenters. The number of hydrogen-bond acceptors (Lipinski definition) is 2. The molecule has 0 aromatic heterocycles. The Morgan fingerprint density at radius 2 is 1.74 bits per heavy atom. The number of hydrogen-bond donors (Lipinski definition) is 2. The quantitative estimate of drug-likeness (QED) is 0.888. The minimum Gasteiger partial charge on any atom is -0.508 e. The average molecular weight is 263 g/mol. The Morgan fingerprint density at radius 1 is 1.11 bits per heavy atom. The van der Waals surface area contributed by atoms with Gasteiger partial charge in [0, 0.05) is 11.6 Å². The lowest BCUT2D eigenvalue weighted by atomic mass is 9.98. The molecule has 4 heteroatoms. The Kier molecular flexibility index (Phi) is 4.12. The van der Waals surface area contributed by atoms with Crippen LogP contribution in [0, 0.1) is 11.6 Å². The highest BCUT2D eigenvalue weighted by molar-refractivity contribution is 5.30. The number of aromatic hydroxyl groups is 1. The van der Waals surface area contributed by atoms with Gasteiger partial charge in [-0.3, -0.25) is 0 Å². The summed E-state index contributed by atoms with van der Waals surface area (Å²) in [5.74, 6) is -1.000. The summed E-state index contributed by atoms with van der Waals surface area (Å²) in [6.45, 7) is 0. The first-order valence-electron chi connectivity index (χ1n) is 6.01. The fourth-order valence-corrected chi connectivity index (χ4v) is 2.11. The lowest BCUT2D eigenvalue weighted by Gasteiger charge is -2.18. The molecule has 0 aliphatic rings. The molecule has 0 fully saturated rings. The summed E-state index contributed by atoms with van der Waals surface area (Å²) in [5, 5.41) is 12.3. The molecule has 0 aliphatic carbocycles. The maximum Gasteiger partial charge on any atom is 0.130 e. The van der Waals surface area contributed by atoms with Gasteiger partial charge >= 0.3 is 0 Å². The van der Waals surface area contributed by atoms with Crippen molar-refractivity contribution < 1.29 is 13.9 Å². The highest BCUT2D eigenvalue weighted by Crippen LogP contribution is 2.25. The molecule has 2 N–H and O–H groups in total. The minimum absolute atomic E-state index is 0.0216. The number of likely N-dealkylation sites (N-methyl/N-ethyl adjacent to an activating group) is 1. The largest absolute Gasteiger partial charge is 0.508 e. The molecule has 2 aromatic rings. The Hall–Kier alpha value is -1.94. The second-order valence-electron chi connectivity index (χ2n) is 4.35. The Balaban J connectivity index is 2.30. The van der Waals surface area contributed by atoms with Crippen molar-refractivity contribution in [3.63, 3.8) is 0 Å². The van der Waals surface area contributed by atoms with E-state index in [1.165, 1.54) is 18.2 Å². The zero-order valence-electron chi connectivity index (χ0n) is 10.5. The fraction of sp³-hybridized carbons (Fsp3) is 0.200. The molecule has 0 aliphatic heterocycles. The van der Waals surface area contributed by atoms with E-state index in [0.29, 0.717) is 6.42 Å². The standard InChI is InChI=1S/C15H15F2NO/c1-18-14(9-10-4-2-5-11(19)8-10)15-12(16)6-3-7-13(15)17/h2-8,14,18-19H,9H2,1H3. The maximum atomic E-state index is 13.7. The van der Waals surface area contributed by atoms with Crippen molar-refractivity contribution in [2.24, 2.45) is 0 Å². The van der Waals surface area contributed by atoms with Crippen LogP contribution in [-0.2, 0) is 6.42 Å². The zero-order valence-corrected chi connectivity index (χ0v) is 10.5. The van der Waals surface area contributed by atoms with Crippen LogP contribution in [0.1, 0.15) is 17.2 Å². The van der Waals surface area contributed by atoms with Gasteiger partial charge in [0.25, 0.3) is 0 Å². The fourth-order valence-electron chi connectivity index (χ4n) is 2.11. The summed E-state index contributed by atoms with van der Waals surface area (Å²) in [4.78, 5) is 0. The van der Waals surface area contributed by atoms with Crippen LogP contribution in [0.25, 0.3) is 0 Å². The number of halogens is 2. The van der Waals surface area contributed by atoms with Crippen molar-refractivity contribution in [1.82, 2.24) is 5.32 Å². The molecule has 2 aromatic carbocycles. The van der Waals surface area contributed by atoms with Gasteiger partial charge in [0.05, 0.1) is 0 Å². The van der Waals surface area contributed by atoms with Crippen LogP contribution in [0.3, 0.4) is 0 Å². The van der Waals surface area contributed by atoms with Crippen LogP contribution < -0.4 is 5.32 Å². The second-order valence-corrected chi connectivity index (χ2v) is 4.35. The van der Waals surface area contributed by atoms with Crippen LogP contribution in [0.2, 0.25) is 0 Å². The van der Waals surface area contributed by atoms with Crippen LogP contribution in [0.15, 0.2) is 42.5 Å². The molecule has 2 rings (SSSR count). The van der Waals surface area contributed by atoms with Crippen molar-refractivity contribution in [3.8, 4) is 5.75 Å². The molecule has 0 heterocycles. The van der Waals surface area contributed by atoms with Crippen molar-refractivity contribution in [3.05, 3.63) is 65.2 Å². The minimum atomic E-state index is -0.570. The van der Waals surface area contributed by atoms with Gasteiger partial charge in [0.2, 0.25) is 0 Å². The van der Waals surface area contributed by atoms with E-state index in [1.807, 2.05) is 6.07 Å². The normalized spacial score (nSPS) is 12.4. The van der Waals surface area contributed by atoms with E-state index in [4.69, 9.17) is 0 Å². The summed E-state index contributed by atoms with van der Waals surface area (Å²) in [5.41, 5.74) is 0.829. The molecule has 1 unspecified atom stereocenters. The number of phenolic OH excluding ortho intramolecular Hbond substituents is 1. The highest BCUT2D eigenvalue weighted by atomic mass is 19.1. The van der Waals surface area contributed by atoms with Crippen molar-refractivity contribution in [2.75, 3.05) is 7.05 Å². The van der Waals surface area contributed by atoms with E-state index in [0.717, 1.165) is 5.56 Å². The first-order chi connectivity index (χ1) is 9.11. The first kappa shape index (κ1) is 13.5. The molecule has 0 amide bonds. The predicted molar refractivity (Wildman–Crippen MR) is 70.0 cm³/mol. The summed E-state index contributed by atoms with van der Waals surface area (Å²) in [7, 11) is 1.65. The van der Waals surface area contributed by atoms with Crippen LogP contribution >= 0.6 is 0 Å². The van der Waals surface area contributed by atoms with Gasteiger partial charge in [-0.2, -0.15) is 0 Å². The third-order valence-corrected chi connectivity index (χ3v) is 3.05. The molecule has 19 heavy (non-hydrogen) atoms. The van der Waals surface area contributed by atoms with Crippen LogP contribution in [0.4, 0.5) is 8.78 Å². The van der Waals surface area contributed by atoms with Gasteiger partial charge < -0.3 is 10.4 Å². The highest BCUT2D eigenvalue weighted by Gasteiger charge is 2.19.